The van der Waals surface area contributed by atoms with E-state index in [1.165, 1.54) is 23.3 Å². The van der Waals surface area contributed by atoms with Gasteiger partial charge in [0.05, 0.1) is 28.1 Å². The van der Waals surface area contributed by atoms with Crippen LogP contribution in [0.4, 0.5) is 5.69 Å². The van der Waals surface area contributed by atoms with Crippen molar-refractivity contribution in [2.24, 2.45) is 0 Å². The van der Waals surface area contributed by atoms with E-state index in [2.05, 4.69) is 0 Å². The summed E-state index contributed by atoms with van der Waals surface area (Å²) in [4.78, 5) is 40.6. The Hall–Kier alpha value is -3.09. The maximum Gasteiger partial charge on any atom is 0.295 e. The molecule has 1 aliphatic heterocycles. The van der Waals surface area contributed by atoms with E-state index in [9.17, 15) is 14.4 Å². The van der Waals surface area contributed by atoms with Gasteiger partial charge in [0.2, 0.25) is 0 Å². The molecule has 4 rings (SSSR count). The van der Waals surface area contributed by atoms with Crippen LogP contribution in [0.5, 0.6) is 0 Å². The van der Waals surface area contributed by atoms with Crippen LogP contribution in [0.2, 0.25) is 10.0 Å². The maximum atomic E-state index is 13.0. The Labute approximate surface area is 169 Å². The number of hydrogen-bond donors (Lipinski definition) is 0. The largest absolute Gasteiger partial charge is 0.459 e. The van der Waals surface area contributed by atoms with Gasteiger partial charge in [-0.2, -0.15) is 0 Å². The van der Waals surface area contributed by atoms with E-state index in [0.29, 0.717) is 21.8 Å². The summed E-state index contributed by atoms with van der Waals surface area (Å²) >= 11 is 12.2. The van der Waals surface area contributed by atoms with Crippen LogP contribution in [0.15, 0.2) is 65.3 Å². The molecule has 140 valence electrons. The van der Waals surface area contributed by atoms with E-state index >= 15 is 0 Å². The predicted molar refractivity (Wildman–Crippen MR) is 104 cm³/mol. The van der Waals surface area contributed by atoms with Gasteiger partial charge in [0.1, 0.15) is 6.67 Å². The van der Waals surface area contributed by atoms with E-state index in [-0.39, 0.29) is 17.5 Å². The molecular formula is C20H12Cl2N2O4. The average Bonchev–Trinajstić information content (AvgIpc) is 3.30. The second kappa shape index (κ2) is 7.14. The molecule has 1 aromatic heterocycles. The number of halogens is 2. The van der Waals surface area contributed by atoms with Gasteiger partial charge < -0.3 is 4.42 Å². The first-order chi connectivity index (χ1) is 13.5. The SMILES string of the molecule is O=C1c2ccccc2C(=O)N1CN(C(=O)c1ccco1)c1ccc(Cl)cc1Cl. The summed E-state index contributed by atoms with van der Waals surface area (Å²) in [5.41, 5.74) is 0.879. The fourth-order valence-electron chi connectivity index (χ4n) is 2.99. The topological polar surface area (TPSA) is 70.8 Å². The number of amides is 3. The highest BCUT2D eigenvalue weighted by Gasteiger charge is 2.38. The molecule has 0 aliphatic carbocycles. The fourth-order valence-corrected chi connectivity index (χ4v) is 3.50. The average molecular weight is 415 g/mol. The quantitative estimate of drug-likeness (QED) is 0.589. The summed E-state index contributed by atoms with van der Waals surface area (Å²) in [5.74, 6) is -1.47. The molecule has 3 aromatic rings. The molecule has 8 heteroatoms. The van der Waals surface area contributed by atoms with Crippen molar-refractivity contribution in [3.63, 3.8) is 0 Å². The Balaban J connectivity index is 1.74. The number of imide groups is 1. The molecule has 1 aliphatic rings. The molecule has 0 N–H and O–H groups in total. The lowest BCUT2D eigenvalue weighted by molar-refractivity contribution is 0.0649. The van der Waals surface area contributed by atoms with E-state index in [1.54, 1.807) is 42.5 Å². The minimum Gasteiger partial charge on any atom is -0.459 e. The number of nitrogens with zero attached hydrogens (tertiary/aromatic N) is 2. The maximum absolute atomic E-state index is 13.0. The Morgan fingerprint density at radius 1 is 0.964 bits per heavy atom. The number of carbonyl (C=O) groups excluding carboxylic acids is 3. The smallest absolute Gasteiger partial charge is 0.295 e. The zero-order valence-corrected chi connectivity index (χ0v) is 15.8. The zero-order chi connectivity index (χ0) is 19.8. The third-order valence-corrected chi connectivity index (χ3v) is 4.88. The highest BCUT2D eigenvalue weighted by atomic mass is 35.5. The number of furan rings is 1. The Bertz CT molecular complexity index is 1060. The van der Waals surface area contributed by atoms with Crippen LogP contribution in [0.25, 0.3) is 0 Å². The summed E-state index contributed by atoms with van der Waals surface area (Å²) in [6.07, 6.45) is 1.36. The zero-order valence-electron chi connectivity index (χ0n) is 14.3. The van der Waals surface area contributed by atoms with Crippen molar-refractivity contribution < 1.29 is 18.8 Å². The molecule has 0 unspecified atom stereocenters. The summed E-state index contributed by atoms with van der Waals surface area (Å²) in [6.45, 7) is -0.326. The molecule has 0 radical (unpaired) electrons. The lowest BCUT2D eigenvalue weighted by Gasteiger charge is -2.27. The third kappa shape index (κ3) is 3.06. The summed E-state index contributed by atoms with van der Waals surface area (Å²) in [6, 6.07) is 14.1. The van der Waals surface area contributed by atoms with Crippen molar-refractivity contribution in [2.45, 2.75) is 0 Å². The Morgan fingerprint density at radius 2 is 1.64 bits per heavy atom. The van der Waals surface area contributed by atoms with Gasteiger partial charge in [-0.3, -0.25) is 24.2 Å². The number of benzene rings is 2. The van der Waals surface area contributed by atoms with Crippen LogP contribution in [0.1, 0.15) is 31.3 Å². The van der Waals surface area contributed by atoms with Crippen LogP contribution >= 0.6 is 23.2 Å². The number of fused-ring (bicyclic) bond motifs is 1. The second-order valence-corrected chi connectivity index (χ2v) is 6.88. The molecule has 0 fully saturated rings. The Kier molecular flexibility index (Phi) is 4.66. The van der Waals surface area contributed by atoms with Crippen molar-refractivity contribution in [1.29, 1.82) is 0 Å². The van der Waals surface area contributed by atoms with Crippen LogP contribution in [0.3, 0.4) is 0 Å². The van der Waals surface area contributed by atoms with E-state index in [1.807, 2.05) is 0 Å². The molecule has 0 bridgehead atoms. The van der Waals surface area contributed by atoms with Gasteiger partial charge in [0.25, 0.3) is 17.7 Å². The van der Waals surface area contributed by atoms with Crippen LogP contribution in [-0.4, -0.2) is 29.3 Å². The summed E-state index contributed by atoms with van der Waals surface area (Å²) < 4.78 is 5.19. The van der Waals surface area contributed by atoms with Crippen LogP contribution in [-0.2, 0) is 0 Å². The van der Waals surface area contributed by atoms with Crippen LogP contribution < -0.4 is 4.90 Å². The monoisotopic (exact) mass is 414 g/mol. The lowest BCUT2D eigenvalue weighted by Crippen LogP contribution is -2.44. The number of rotatable bonds is 4. The normalized spacial score (nSPS) is 13.0. The first kappa shape index (κ1) is 18.3. The Morgan fingerprint density at radius 3 is 2.21 bits per heavy atom. The van der Waals surface area contributed by atoms with Crippen molar-refractivity contribution in [1.82, 2.24) is 4.90 Å². The molecule has 0 spiro atoms. The molecule has 2 aromatic carbocycles. The molecule has 0 saturated carbocycles. The molecule has 0 atom stereocenters. The van der Waals surface area contributed by atoms with Gasteiger partial charge in [-0.25, -0.2) is 0 Å². The minimum atomic E-state index is -0.550. The minimum absolute atomic E-state index is 0.0441. The van der Waals surface area contributed by atoms with Crippen LogP contribution in [0, 0.1) is 0 Å². The van der Waals surface area contributed by atoms with E-state index < -0.39 is 17.7 Å². The molecule has 3 amide bonds. The first-order valence-corrected chi connectivity index (χ1v) is 8.98. The highest BCUT2D eigenvalue weighted by molar-refractivity contribution is 6.37. The van der Waals surface area contributed by atoms with Gasteiger partial charge in [0, 0.05) is 5.02 Å². The predicted octanol–water partition coefficient (Wildman–Crippen LogP) is 4.49. The highest BCUT2D eigenvalue weighted by Crippen LogP contribution is 2.31. The van der Waals surface area contributed by atoms with Crippen molar-refractivity contribution in [3.05, 3.63) is 87.8 Å². The standard InChI is InChI=1S/C20H12Cl2N2O4/c21-12-7-8-16(15(22)10-12)23(20(27)17-6-3-9-28-17)11-24-18(25)13-4-1-2-5-14(13)19(24)26/h1-10H,11H2. The van der Waals surface area contributed by atoms with Crippen molar-refractivity contribution in [3.8, 4) is 0 Å². The lowest BCUT2D eigenvalue weighted by atomic mass is 10.1. The summed E-state index contributed by atoms with van der Waals surface area (Å²) in [5, 5.41) is 0.587. The van der Waals surface area contributed by atoms with Gasteiger partial charge in [-0.15, -0.1) is 0 Å². The molecule has 2 heterocycles. The van der Waals surface area contributed by atoms with Gasteiger partial charge in [-0.05, 0) is 42.5 Å². The number of anilines is 1. The number of carbonyl (C=O) groups is 3. The van der Waals surface area contributed by atoms with Gasteiger partial charge >= 0.3 is 0 Å². The van der Waals surface area contributed by atoms with Gasteiger partial charge in [-0.1, -0.05) is 35.3 Å². The molecule has 28 heavy (non-hydrogen) atoms. The third-order valence-electron chi connectivity index (χ3n) is 4.34. The van der Waals surface area contributed by atoms with E-state index in [4.69, 9.17) is 27.6 Å². The summed E-state index contributed by atoms with van der Waals surface area (Å²) in [7, 11) is 0. The van der Waals surface area contributed by atoms with E-state index in [0.717, 1.165) is 4.90 Å². The van der Waals surface area contributed by atoms with Crippen molar-refractivity contribution in [2.75, 3.05) is 11.6 Å². The number of hydrogen-bond acceptors (Lipinski definition) is 4. The molecule has 6 nitrogen and oxygen atoms in total. The molecular weight excluding hydrogens is 403 g/mol. The fraction of sp³-hybridized carbons (Fsp3) is 0.0500. The van der Waals surface area contributed by atoms with Gasteiger partial charge in [0.15, 0.2) is 5.76 Å². The van der Waals surface area contributed by atoms with Crippen molar-refractivity contribution >= 4 is 46.6 Å². The first-order valence-electron chi connectivity index (χ1n) is 8.23. The second-order valence-electron chi connectivity index (χ2n) is 6.03. The molecule has 0 saturated heterocycles.